The second-order valence-corrected chi connectivity index (χ2v) is 9.04. The van der Waals surface area contributed by atoms with E-state index in [1.165, 1.54) is 66.7 Å². The number of nitrogens with zero attached hydrogens (tertiary/aromatic N) is 1. The first-order valence-electron chi connectivity index (χ1n) is 8.87. The Hall–Kier alpha value is -3.51. The highest BCUT2D eigenvalue weighted by Crippen LogP contribution is 2.26. The monoisotopic (exact) mass is 479 g/mol. The maximum absolute atomic E-state index is 12.5. The predicted octanol–water partition coefficient (Wildman–Crippen LogP) is 4.96. The molecule has 3 aromatic carbocycles. The Balaban J connectivity index is 1.67. The van der Waals surface area contributed by atoms with Gasteiger partial charge in [0.2, 0.25) is 0 Å². The Labute approximate surface area is 185 Å². The Morgan fingerprint density at radius 2 is 1.59 bits per heavy atom. The van der Waals surface area contributed by atoms with Gasteiger partial charge in [-0.3, -0.25) is 19.6 Å². The van der Waals surface area contributed by atoms with Crippen molar-refractivity contribution < 1.29 is 26.9 Å². The summed E-state index contributed by atoms with van der Waals surface area (Å²) in [5.41, 5.74) is 0.431. The molecule has 32 heavy (non-hydrogen) atoms. The molecule has 8 nitrogen and oxygen atoms in total. The van der Waals surface area contributed by atoms with Gasteiger partial charge in [0.15, 0.2) is 0 Å². The van der Waals surface area contributed by atoms with Gasteiger partial charge in [-0.05, 0) is 54.6 Å². The number of thioether (sulfide) groups is 1. The van der Waals surface area contributed by atoms with Crippen LogP contribution in [0.1, 0.15) is 10.4 Å². The molecule has 0 radical (unpaired) electrons. The molecule has 0 aliphatic heterocycles. The van der Waals surface area contributed by atoms with E-state index in [1.54, 1.807) is 0 Å². The Morgan fingerprint density at radius 1 is 0.969 bits per heavy atom. The van der Waals surface area contributed by atoms with Gasteiger partial charge in [-0.2, -0.15) is 8.78 Å². The molecule has 3 aromatic rings. The quantitative estimate of drug-likeness (QED) is 0.268. The summed E-state index contributed by atoms with van der Waals surface area (Å²) in [7, 11) is -4.07. The molecule has 0 saturated carbocycles. The number of sulfonamides is 1. The summed E-state index contributed by atoms with van der Waals surface area (Å²) in [6.07, 6.45) is 0. The Kier molecular flexibility index (Phi) is 7.05. The summed E-state index contributed by atoms with van der Waals surface area (Å²) >= 11 is 0.394. The lowest BCUT2D eigenvalue weighted by Gasteiger charge is -2.10. The van der Waals surface area contributed by atoms with Gasteiger partial charge in [0, 0.05) is 34.0 Å². The van der Waals surface area contributed by atoms with Gasteiger partial charge in [-0.15, -0.1) is 0 Å². The number of carbonyl (C=O) groups excluding carboxylic acids is 1. The van der Waals surface area contributed by atoms with Gasteiger partial charge >= 0.3 is 0 Å². The van der Waals surface area contributed by atoms with Crippen LogP contribution < -0.4 is 10.0 Å². The predicted molar refractivity (Wildman–Crippen MR) is 117 cm³/mol. The van der Waals surface area contributed by atoms with Crippen LogP contribution in [0.15, 0.2) is 82.6 Å². The molecule has 0 atom stereocenters. The smallest absolute Gasteiger partial charge is 0.288 e. The number of nitro benzene ring substituents is 1. The minimum atomic E-state index is -4.07. The molecule has 0 aromatic heterocycles. The second-order valence-electron chi connectivity index (χ2n) is 6.29. The zero-order valence-electron chi connectivity index (χ0n) is 16.1. The van der Waals surface area contributed by atoms with E-state index < -0.39 is 26.6 Å². The summed E-state index contributed by atoms with van der Waals surface area (Å²) in [6.45, 7) is 0. The number of hydrogen-bond donors (Lipinski definition) is 2. The molecule has 2 N–H and O–H groups in total. The fourth-order valence-corrected chi connectivity index (χ4v) is 4.19. The number of alkyl halides is 2. The molecule has 12 heteroatoms. The molecule has 0 aliphatic carbocycles. The average molecular weight is 479 g/mol. The van der Waals surface area contributed by atoms with Gasteiger partial charge in [-0.1, -0.05) is 17.8 Å². The van der Waals surface area contributed by atoms with Crippen LogP contribution >= 0.6 is 11.8 Å². The summed E-state index contributed by atoms with van der Waals surface area (Å²) in [4.78, 5) is 22.6. The first-order valence-corrected chi connectivity index (χ1v) is 11.2. The lowest BCUT2D eigenvalue weighted by molar-refractivity contribution is -0.385. The van der Waals surface area contributed by atoms with Gasteiger partial charge in [0.1, 0.15) is 0 Å². The highest BCUT2D eigenvalue weighted by molar-refractivity contribution is 7.99. The first-order chi connectivity index (χ1) is 15.1. The van der Waals surface area contributed by atoms with Crippen molar-refractivity contribution in [1.82, 2.24) is 0 Å². The highest BCUT2D eigenvalue weighted by Gasteiger charge is 2.18. The van der Waals surface area contributed by atoms with Gasteiger partial charge in [-0.25, -0.2) is 8.42 Å². The molecule has 0 saturated heterocycles. The van der Waals surface area contributed by atoms with Gasteiger partial charge < -0.3 is 5.32 Å². The van der Waals surface area contributed by atoms with Crippen molar-refractivity contribution in [2.24, 2.45) is 0 Å². The zero-order valence-corrected chi connectivity index (χ0v) is 17.7. The van der Waals surface area contributed by atoms with Crippen molar-refractivity contribution in [3.8, 4) is 0 Å². The molecular formula is C20H15F2N3O5S2. The van der Waals surface area contributed by atoms with E-state index in [2.05, 4.69) is 10.0 Å². The number of benzene rings is 3. The minimum Gasteiger partial charge on any atom is -0.322 e. The second kappa shape index (κ2) is 9.75. The van der Waals surface area contributed by atoms with Crippen LogP contribution in [0.2, 0.25) is 0 Å². The van der Waals surface area contributed by atoms with E-state index in [9.17, 15) is 32.1 Å². The number of non-ortho nitro benzene ring substituents is 1. The SMILES string of the molecule is O=C(Nc1ccc(SC(F)F)cc1)c1ccc(NS(=O)(=O)c2cccc([N+](=O)[O-])c2)cc1. The third-order valence-corrected chi connectivity index (χ3v) is 6.18. The van der Waals surface area contributed by atoms with Crippen LogP contribution in [-0.4, -0.2) is 25.0 Å². The van der Waals surface area contributed by atoms with Crippen LogP contribution in [-0.2, 0) is 10.0 Å². The fraction of sp³-hybridized carbons (Fsp3) is 0.0500. The third-order valence-electron chi connectivity index (χ3n) is 4.08. The van der Waals surface area contributed by atoms with E-state index in [0.717, 1.165) is 6.07 Å². The Bertz CT molecular complexity index is 1230. The van der Waals surface area contributed by atoms with Gasteiger partial charge in [0.05, 0.1) is 9.82 Å². The molecule has 3 rings (SSSR count). The summed E-state index contributed by atoms with van der Waals surface area (Å²) in [6, 6.07) is 16.0. The maximum atomic E-state index is 12.5. The number of nitro groups is 1. The molecule has 0 bridgehead atoms. The van der Waals surface area contributed by atoms with E-state index in [1.807, 2.05) is 0 Å². The van der Waals surface area contributed by atoms with Crippen LogP contribution in [0, 0.1) is 10.1 Å². The Morgan fingerprint density at radius 3 is 2.19 bits per heavy atom. The number of nitrogens with one attached hydrogen (secondary N) is 2. The van der Waals surface area contributed by atoms with Crippen LogP contribution in [0.5, 0.6) is 0 Å². The van der Waals surface area contributed by atoms with Crippen molar-refractivity contribution >= 4 is 44.8 Å². The van der Waals surface area contributed by atoms with E-state index in [0.29, 0.717) is 22.3 Å². The molecule has 1 amide bonds. The van der Waals surface area contributed by atoms with E-state index in [-0.39, 0.29) is 21.8 Å². The lowest BCUT2D eigenvalue weighted by Crippen LogP contribution is -2.14. The molecule has 0 heterocycles. The number of hydrogen-bond acceptors (Lipinski definition) is 6. The molecule has 166 valence electrons. The molecule has 0 spiro atoms. The number of anilines is 2. The topological polar surface area (TPSA) is 118 Å². The lowest BCUT2D eigenvalue weighted by atomic mass is 10.2. The minimum absolute atomic E-state index is 0.154. The van der Waals surface area contributed by atoms with E-state index >= 15 is 0 Å². The largest absolute Gasteiger partial charge is 0.322 e. The van der Waals surface area contributed by atoms with Crippen molar-refractivity contribution in [2.45, 2.75) is 15.5 Å². The summed E-state index contributed by atoms with van der Waals surface area (Å²) < 4.78 is 51.9. The van der Waals surface area contributed by atoms with Gasteiger partial charge in [0.25, 0.3) is 27.4 Å². The number of carbonyl (C=O) groups is 1. The summed E-state index contributed by atoms with van der Waals surface area (Å²) in [5, 5.41) is 13.5. The maximum Gasteiger partial charge on any atom is 0.288 e. The standard InChI is InChI=1S/C20H15F2N3O5S2/c21-20(22)31-17-10-8-14(9-11-17)23-19(26)13-4-6-15(7-5-13)24-32(29,30)18-3-1-2-16(12-18)25(27)28/h1-12,20,24H,(H,23,26). The van der Waals surface area contributed by atoms with Crippen LogP contribution in [0.4, 0.5) is 25.8 Å². The van der Waals surface area contributed by atoms with Crippen molar-refractivity contribution in [2.75, 3.05) is 10.0 Å². The van der Waals surface area contributed by atoms with E-state index in [4.69, 9.17) is 0 Å². The van der Waals surface area contributed by atoms with Crippen molar-refractivity contribution in [1.29, 1.82) is 0 Å². The van der Waals surface area contributed by atoms with Crippen molar-refractivity contribution in [3.05, 3.63) is 88.5 Å². The number of halogens is 2. The number of amides is 1. The van der Waals surface area contributed by atoms with Crippen LogP contribution in [0.3, 0.4) is 0 Å². The molecular weight excluding hydrogens is 464 g/mol. The molecule has 0 fully saturated rings. The summed E-state index contributed by atoms with van der Waals surface area (Å²) in [5.74, 6) is -3.02. The third kappa shape index (κ3) is 6.02. The average Bonchev–Trinajstić information content (AvgIpc) is 2.75. The fourth-order valence-electron chi connectivity index (χ4n) is 2.59. The zero-order chi connectivity index (χ0) is 23.3. The van der Waals surface area contributed by atoms with Crippen LogP contribution in [0.25, 0.3) is 0 Å². The first kappa shape index (κ1) is 23.2. The highest BCUT2D eigenvalue weighted by atomic mass is 32.2. The molecule has 0 aliphatic rings. The number of rotatable bonds is 8. The normalized spacial score (nSPS) is 11.2. The molecule has 0 unspecified atom stereocenters. The van der Waals surface area contributed by atoms with Crippen molar-refractivity contribution in [3.63, 3.8) is 0 Å².